The second-order valence-corrected chi connectivity index (χ2v) is 8.83. The van der Waals surface area contributed by atoms with Gasteiger partial charge in [0.2, 0.25) is 6.54 Å². The second kappa shape index (κ2) is 10.3. The summed E-state index contributed by atoms with van der Waals surface area (Å²) < 4.78 is 12.6. The first-order chi connectivity index (χ1) is 16.0. The number of hydrogen-bond acceptors (Lipinski definition) is 4. The highest BCUT2D eigenvalue weighted by atomic mass is 79.9. The molecule has 0 spiro atoms. The lowest BCUT2D eigenvalue weighted by Crippen LogP contribution is -2.14. The molecule has 8 heteroatoms. The molecule has 0 bridgehead atoms. The number of nitrogens with one attached hydrogen (secondary N) is 1. The largest absolute Gasteiger partial charge is 0.490 e. The van der Waals surface area contributed by atoms with Crippen LogP contribution in [0, 0.1) is 10.1 Å². The number of para-hydroxylation sites is 1. The second-order valence-electron chi connectivity index (χ2n) is 7.54. The number of halogens is 2. The van der Waals surface area contributed by atoms with Gasteiger partial charge in [-0.25, -0.2) is 0 Å². The minimum absolute atomic E-state index is 0.247. The molecule has 0 aliphatic heterocycles. The minimum atomic E-state index is -0.464. The quantitative estimate of drug-likeness (QED) is 0.188. The number of rotatable bonds is 9. The van der Waals surface area contributed by atoms with Crippen molar-refractivity contribution in [3.05, 3.63) is 103 Å². The van der Waals surface area contributed by atoms with Crippen LogP contribution in [0.2, 0.25) is 5.02 Å². The van der Waals surface area contributed by atoms with Crippen LogP contribution in [0.1, 0.15) is 29.5 Å². The van der Waals surface area contributed by atoms with E-state index in [1.165, 1.54) is 0 Å². The van der Waals surface area contributed by atoms with Gasteiger partial charge in [0.15, 0.2) is 11.5 Å². The molecule has 170 valence electrons. The molecule has 3 aromatic carbocycles. The predicted molar refractivity (Wildman–Crippen MR) is 133 cm³/mol. The highest BCUT2D eigenvalue weighted by molar-refractivity contribution is 9.10. The van der Waals surface area contributed by atoms with Crippen LogP contribution >= 0.6 is 27.5 Å². The molecule has 0 amide bonds. The predicted octanol–water partition coefficient (Wildman–Crippen LogP) is 6.97. The average Bonchev–Trinajstić information content (AvgIpc) is 3.21. The molecule has 0 fully saturated rings. The van der Waals surface area contributed by atoms with Crippen LogP contribution < -0.4 is 9.47 Å². The average molecular weight is 530 g/mol. The number of aromatic nitrogens is 1. The number of H-pyrrole nitrogens is 1. The number of benzene rings is 3. The minimum Gasteiger partial charge on any atom is -0.490 e. The van der Waals surface area contributed by atoms with Gasteiger partial charge in [-0.15, -0.1) is 0 Å². The molecule has 0 saturated carbocycles. The molecule has 4 rings (SSSR count). The highest BCUT2D eigenvalue weighted by Crippen LogP contribution is 2.41. The van der Waals surface area contributed by atoms with Crippen LogP contribution in [0.3, 0.4) is 0 Å². The maximum atomic E-state index is 11.6. The number of hydrogen-bond donors (Lipinski definition) is 1. The summed E-state index contributed by atoms with van der Waals surface area (Å²) in [7, 11) is 0. The third-order valence-corrected chi connectivity index (χ3v) is 6.16. The molecular formula is C25H22BrClN2O4. The van der Waals surface area contributed by atoms with Crippen molar-refractivity contribution in [2.75, 3.05) is 13.2 Å². The van der Waals surface area contributed by atoms with Gasteiger partial charge in [0.1, 0.15) is 6.61 Å². The molecule has 1 atom stereocenters. The summed E-state index contributed by atoms with van der Waals surface area (Å²) in [6.45, 7) is 2.37. The third-order valence-electron chi connectivity index (χ3n) is 5.33. The van der Waals surface area contributed by atoms with E-state index in [9.17, 15) is 10.1 Å². The fourth-order valence-corrected chi connectivity index (χ4v) is 4.68. The van der Waals surface area contributed by atoms with Crippen molar-refractivity contribution in [1.82, 2.24) is 4.98 Å². The summed E-state index contributed by atoms with van der Waals surface area (Å²) >= 11 is 9.67. The molecule has 1 N–H and O–H groups in total. The Bertz CT molecular complexity index is 1290. The first-order valence-corrected chi connectivity index (χ1v) is 11.6. The molecule has 0 radical (unpaired) electrons. The van der Waals surface area contributed by atoms with E-state index in [1.54, 1.807) is 0 Å². The fourth-order valence-electron chi connectivity index (χ4n) is 3.89. The topological polar surface area (TPSA) is 77.4 Å². The Morgan fingerprint density at radius 1 is 1.12 bits per heavy atom. The number of fused-ring (bicyclic) bond motifs is 1. The van der Waals surface area contributed by atoms with E-state index in [-0.39, 0.29) is 11.5 Å². The lowest BCUT2D eigenvalue weighted by Gasteiger charge is -2.19. The van der Waals surface area contributed by atoms with Crippen molar-refractivity contribution in [2.45, 2.75) is 19.4 Å². The molecule has 0 unspecified atom stereocenters. The van der Waals surface area contributed by atoms with Crippen LogP contribution in [-0.4, -0.2) is 23.1 Å². The third kappa shape index (κ3) is 5.31. The fraction of sp³-hybridized carbons (Fsp3) is 0.200. The van der Waals surface area contributed by atoms with Crippen molar-refractivity contribution in [3.8, 4) is 11.5 Å². The van der Waals surface area contributed by atoms with Crippen LogP contribution in [0.4, 0.5) is 0 Å². The van der Waals surface area contributed by atoms with Crippen molar-refractivity contribution in [3.63, 3.8) is 0 Å². The van der Waals surface area contributed by atoms with E-state index in [0.717, 1.165) is 27.6 Å². The lowest BCUT2D eigenvalue weighted by molar-refractivity contribution is -0.481. The number of nitro groups is 1. The van der Waals surface area contributed by atoms with Crippen molar-refractivity contribution in [2.24, 2.45) is 0 Å². The Hall–Kier alpha value is -3.03. The standard InChI is InChI=1S/C25H22BrClN2O4/c1-2-32-24-12-17(11-22(26)25(24)33-15-16-6-5-7-18(27)10-16)21(14-29(30)31)20-13-28-23-9-4-3-8-19(20)23/h3-13,21,28H,2,14-15H2,1H3/t21-/m1/s1. The van der Waals surface area contributed by atoms with E-state index in [2.05, 4.69) is 20.9 Å². The van der Waals surface area contributed by atoms with E-state index in [0.29, 0.717) is 34.2 Å². The van der Waals surface area contributed by atoms with Gasteiger partial charge in [-0.05, 0) is 69.9 Å². The molecule has 1 heterocycles. The van der Waals surface area contributed by atoms with Crippen molar-refractivity contribution in [1.29, 1.82) is 0 Å². The normalized spacial score (nSPS) is 12.0. The lowest BCUT2D eigenvalue weighted by atomic mass is 9.90. The molecule has 0 aliphatic carbocycles. The molecule has 1 aromatic heterocycles. The Labute approximate surface area is 204 Å². The number of nitrogens with zero attached hydrogens (tertiary/aromatic N) is 1. The van der Waals surface area contributed by atoms with Gasteiger partial charge < -0.3 is 14.5 Å². The Morgan fingerprint density at radius 2 is 1.94 bits per heavy atom. The van der Waals surface area contributed by atoms with Crippen LogP contribution in [0.5, 0.6) is 11.5 Å². The zero-order valence-corrected chi connectivity index (χ0v) is 20.2. The Balaban J connectivity index is 1.73. The zero-order valence-electron chi connectivity index (χ0n) is 17.9. The van der Waals surface area contributed by atoms with Gasteiger partial charge in [0.25, 0.3) is 0 Å². The summed E-state index contributed by atoms with van der Waals surface area (Å²) in [5.41, 5.74) is 3.49. The number of ether oxygens (including phenoxy) is 2. The van der Waals surface area contributed by atoms with Gasteiger partial charge in [-0.3, -0.25) is 10.1 Å². The zero-order chi connectivity index (χ0) is 23.4. The van der Waals surface area contributed by atoms with Gasteiger partial charge in [0.05, 0.1) is 17.0 Å². The van der Waals surface area contributed by atoms with E-state index >= 15 is 0 Å². The van der Waals surface area contributed by atoms with Crippen molar-refractivity contribution < 1.29 is 14.4 Å². The molecule has 6 nitrogen and oxygen atoms in total. The van der Waals surface area contributed by atoms with Crippen molar-refractivity contribution >= 4 is 38.4 Å². The van der Waals surface area contributed by atoms with E-state index in [1.807, 2.05) is 73.8 Å². The van der Waals surface area contributed by atoms with E-state index in [4.69, 9.17) is 21.1 Å². The number of aromatic amines is 1. The molecular weight excluding hydrogens is 508 g/mol. The van der Waals surface area contributed by atoms with Gasteiger partial charge >= 0.3 is 0 Å². The van der Waals surface area contributed by atoms with Crippen LogP contribution in [0.15, 0.2) is 71.3 Å². The maximum absolute atomic E-state index is 11.6. The summed E-state index contributed by atoms with van der Waals surface area (Å²) in [6, 6.07) is 18.9. The Kier molecular flexibility index (Phi) is 7.20. The van der Waals surface area contributed by atoms with Gasteiger partial charge in [-0.1, -0.05) is 41.9 Å². The summed E-state index contributed by atoms with van der Waals surface area (Å²) in [6.07, 6.45) is 1.84. The summed E-state index contributed by atoms with van der Waals surface area (Å²) in [4.78, 5) is 14.5. The SMILES string of the molecule is CCOc1cc([C@@H](C[N+](=O)[O-])c2c[nH]c3ccccc23)cc(Br)c1OCc1cccc(Cl)c1. The molecule has 33 heavy (non-hydrogen) atoms. The van der Waals surface area contributed by atoms with E-state index < -0.39 is 5.92 Å². The molecule has 0 aliphatic rings. The smallest absolute Gasteiger partial charge is 0.214 e. The highest BCUT2D eigenvalue weighted by Gasteiger charge is 2.26. The first kappa shape index (κ1) is 23.1. The van der Waals surface area contributed by atoms with Crippen LogP contribution in [-0.2, 0) is 6.61 Å². The summed E-state index contributed by atoms with van der Waals surface area (Å²) in [5.74, 6) is 0.602. The maximum Gasteiger partial charge on any atom is 0.214 e. The molecule has 4 aromatic rings. The van der Waals surface area contributed by atoms with Gasteiger partial charge in [0, 0.05) is 27.0 Å². The van der Waals surface area contributed by atoms with Crippen LogP contribution in [0.25, 0.3) is 10.9 Å². The first-order valence-electron chi connectivity index (χ1n) is 10.5. The molecule has 0 saturated heterocycles. The summed E-state index contributed by atoms with van der Waals surface area (Å²) in [5, 5.41) is 13.2. The monoisotopic (exact) mass is 528 g/mol. The Morgan fingerprint density at radius 3 is 2.70 bits per heavy atom. The van der Waals surface area contributed by atoms with Gasteiger partial charge in [-0.2, -0.15) is 0 Å².